The summed E-state index contributed by atoms with van der Waals surface area (Å²) in [5, 5.41) is 0. The highest BCUT2D eigenvalue weighted by Crippen LogP contribution is 2.52. The van der Waals surface area contributed by atoms with E-state index in [-0.39, 0.29) is 11.3 Å². The first-order chi connectivity index (χ1) is 10.4. The number of benzene rings is 1. The summed E-state index contributed by atoms with van der Waals surface area (Å²) in [7, 11) is 6.71. The molecule has 1 aromatic rings. The van der Waals surface area contributed by atoms with Crippen LogP contribution in [-0.2, 0) is 10.7 Å². The zero-order valence-electron chi connectivity index (χ0n) is 14.1. The minimum atomic E-state index is -4.45. The van der Waals surface area contributed by atoms with Gasteiger partial charge in [-0.3, -0.25) is 4.57 Å². The maximum Gasteiger partial charge on any atom is 0.416 e. The van der Waals surface area contributed by atoms with E-state index in [1.165, 1.54) is 21.5 Å². The first-order valence-electron chi connectivity index (χ1n) is 6.80. The second-order valence-electron chi connectivity index (χ2n) is 5.59. The highest BCUT2D eigenvalue weighted by molar-refractivity contribution is 7.76. The van der Waals surface area contributed by atoms with Gasteiger partial charge in [0.05, 0.1) is 11.3 Å². The molecule has 0 aliphatic heterocycles. The van der Waals surface area contributed by atoms with Gasteiger partial charge < -0.3 is 4.90 Å². The van der Waals surface area contributed by atoms with Crippen LogP contribution in [-0.4, -0.2) is 62.1 Å². The molecule has 1 rings (SSSR count). The Bertz CT molecular complexity index is 615. The Balaban J connectivity index is 3.48. The Hall–Kier alpha value is -1.37. The van der Waals surface area contributed by atoms with Crippen LogP contribution in [0.15, 0.2) is 29.3 Å². The number of rotatable bonds is 4. The molecule has 0 atom stereocenters. The molecule has 0 N–H and O–H groups in total. The molecular weight excluding hydrogens is 328 g/mol. The number of amidine groups is 1. The summed E-state index contributed by atoms with van der Waals surface area (Å²) in [4.78, 5) is 5.80. The van der Waals surface area contributed by atoms with Gasteiger partial charge in [-0.05, 0) is 46.4 Å². The van der Waals surface area contributed by atoms with Crippen molar-refractivity contribution in [1.29, 1.82) is 0 Å². The molecule has 0 bridgehead atoms. The van der Waals surface area contributed by atoms with Crippen LogP contribution >= 0.6 is 7.44 Å². The number of hydrogen-bond donors (Lipinski definition) is 0. The summed E-state index contributed by atoms with van der Waals surface area (Å²) in [6, 6.07) is 4.66. The average Bonchev–Trinajstić information content (AvgIpc) is 2.42. The van der Waals surface area contributed by atoms with Gasteiger partial charge in [0.2, 0.25) is 0 Å². The molecule has 0 spiro atoms. The van der Waals surface area contributed by atoms with E-state index >= 15 is 0 Å². The first-order valence-corrected chi connectivity index (χ1v) is 8.41. The Morgan fingerprint density at radius 1 is 1.04 bits per heavy atom. The predicted octanol–water partition coefficient (Wildman–Crippen LogP) is 3.57. The lowest BCUT2D eigenvalue weighted by Gasteiger charge is -2.34. The molecule has 23 heavy (non-hydrogen) atoms. The molecule has 0 radical (unpaired) electrons. The lowest BCUT2D eigenvalue weighted by Crippen LogP contribution is -2.34. The smallest absolute Gasteiger partial charge is 0.358 e. The lowest BCUT2D eigenvalue weighted by molar-refractivity contribution is -0.137. The molecular formula is C14H22F3N4OP. The Morgan fingerprint density at radius 2 is 1.57 bits per heavy atom. The van der Waals surface area contributed by atoms with E-state index in [0.29, 0.717) is 0 Å². The fourth-order valence-electron chi connectivity index (χ4n) is 2.01. The fourth-order valence-corrected chi connectivity index (χ4v) is 4.21. The van der Waals surface area contributed by atoms with Crippen LogP contribution in [0.1, 0.15) is 5.56 Å². The van der Waals surface area contributed by atoms with E-state index in [4.69, 9.17) is 0 Å². The SMILES string of the molecule is CN(C)C(=Nc1cccc(C(F)(F)F)c1)P(=O)(N(C)C)N(C)C. The molecule has 0 heterocycles. The van der Waals surface area contributed by atoms with Crippen LogP contribution in [0.2, 0.25) is 0 Å². The van der Waals surface area contributed by atoms with Gasteiger partial charge in [-0.25, -0.2) is 14.3 Å². The molecule has 0 aromatic heterocycles. The molecule has 0 fully saturated rings. The van der Waals surface area contributed by atoms with Crippen molar-refractivity contribution >= 4 is 18.7 Å². The average molecular weight is 350 g/mol. The van der Waals surface area contributed by atoms with Crippen LogP contribution in [0.25, 0.3) is 0 Å². The third-order valence-electron chi connectivity index (χ3n) is 3.15. The van der Waals surface area contributed by atoms with Gasteiger partial charge in [0.15, 0.2) is 5.58 Å². The quantitative estimate of drug-likeness (QED) is 0.473. The highest BCUT2D eigenvalue weighted by Gasteiger charge is 2.36. The third-order valence-corrected chi connectivity index (χ3v) is 6.34. The van der Waals surface area contributed by atoms with E-state index < -0.39 is 19.2 Å². The van der Waals surface area contributed by atoms with E-state index in [1.54, 1.807) is 47.2 Å². The second kappa shape index (κ2) is 7.03. The molecule has 130 valence electrons. The molecule has 1 aromatic carbocycles. The third kappa shape index (κ3) is 4.34. The van der Waals surface area contributed by atoms with Crippen molar-refractivity contribution in [1.82, 2.24) is 14.2 Å². The van der Waals surface area contributed by atoms with Crippen LogP contribution in [0.5, 0.6) is 0 Å². The van der Waals surface area contributed by atoms with E-state index in [2.05, 4.69) is 4.99 Å². The van der Waals surface area contributed by atoms with Crippen molar-refractivity contribution in [3.63, 3.8) is 0 Å². The second-order valence-corrected chi connectivity index (χ2v) is 8.68. The van der Waals surface area contributed by atoms with Crippen molar-refractivity contribution in [2.24, 2.45) is 4.99 Å². The van der Waals surface area contributed by atoms with Crippen LogP contribution in [0.4, 0.5) is 18.9 Å². The van der Waals surface area contributed by atoms with Gasteiger partial charge in [0.1, 0.15) is 0 Å². The zero-order chi connectivity index (χ0) is 18.0. The monoisotopic (exact) mass is 350 g/mol. The number of halogens is 3. The summed E-state index contributed by atoms with van der Waals surface area (Å²) in [5.41, 5.74) is -0.485. The van der Waals surface area contributed by atoms with Crippen molar-refractivity contribution < 1.29 is 17.7 Å². The van der Waals surface area contributed by atoms with E-state index in [1.807, 2.05) is 0 Å². The molecule has 0 saturated carbocycles. The number of alkyl halides is 3. The summed E-state index contributed by atoms with van der Waals surface area (Å²) >= 11 is 0. The standard InChI is InChI=1S/C14H22F3N4OP/c1-19(2)13(23(22,20(3)4)21(5)6)18-12-9-7-8-11(10-12)14(15,16)17/h7-10H,1-6H3. The zero-order valence-corrected chi connectivity index (χ0v) is 15.0. The van der Waals surface area contributed by atoms with Gasteiger partial charge in [0, 0.05) is 14.1 Å². The van der Waals surface area contributed by atoms with E-state index in [0.717, 1.165) is 12.1 Å². The molecule has 0 amide bonds. The van der Waals surface area contributed by atoms with Crippen molar-refractivity contribution in [3.05, 3.63) is 29.8 Å². The van der Waals surface area contributed by atoms with Crippen LogP contribution in [0.3, 0.4) is 0 Å². The largest absolute Gasteiger partial charge is 0.416 e. The minimum absolute atomic E-state index is 0.104. The van der Waals surface area contributed by atoms with Gasteiger partial charge in [0.25, 0.3) is 7.44 Å². The summed E-state index contributed by atoms with van der Waals surface area (Å²) in [6.45, 7) is 0. The van der Waals surface area contributed by atoms with Crippen molar-refractivity contribution in [2.45, 2.75) is 6.18 Å². The van der Waals surface area contributed by atoms with Crippen molar-refractivity contribution in [2.75, 3.05) is 42.3 Å². The molecule has 0 aliphatic rings. The van der Waals surface area contributed by atoms with Gasteiger partial charge in [-0.2, -0.15) is 13.2 Å². The molecule has 0 aliphatic carbocycles. The number of nitrogens with zero attached hydrogens (tertiary/aromatic N) is 4. The maximum absolute atomic E-state index is 13.3. The van der Waals surface area contributed by atoms with Crippen LogP contribution in [0, 0.1) is 0 Å². The molecule has 9 heteroatoms. The lowest BCUT2D eigenvalue weighted by atomic mass is 10.2. The molecule has 5 nitrogen and oxygen atoms in total. The highest BCUT2D eigenvalue weighted by atomic mass is 31.2. The Morgan fingerprint density at radius 3 is 1.96 bits per heavy atom. The molecule has 0 saturated heterocycles. The summed E-state index contributed by atoms with van der Waals surface area (Å²) in [5.74, 6) is 0. The first kappa shape index (κ1) is 19.7. The molecule has 0 unspecified atom stereocenters. The normalized spacial score (nSPS) is 13.8. The fraction of sp³-hybridized carbons (Fsp3) is 0.500. The van der Waals surface area contributed by atoms with Gasteiger partial charge in [-0.15, -0.1) is 0 Å². The van der Waals surface area contributed by atoms with Gasteiger partial charge in [-0.1, -0.05) is 6.07 Å². The Labute approximate surface area is 134 Å². The Kier molecular flexibility index (Phi) is 6.01. The van der Waals surface area contributed by atoms with Gasteiger partial charge >= 0.3 is 6.18 Å². The summed E-state index contributed by atoms with van der Waals surface area (Å²) < 4.78 is 54.8. The topological polar surface area (TPSA) is 39.2 Å². The van der Waals surface area contributed by atoms with E-state index in [9.17, 15) is 17.7 Å². The predicted molar refractivity (Wildman–Crippen MR) is 87.2 cm³/mol. The minimum Gasteiger partial charge on any atom is -0.358 e. The number of hydrogen-bond acceptors (Lipinski definition) is 2. The summed E-state index contributed by atoms with van der Waals surface area (Å²) in [6.07, 6.45) is -4.45. The number of aliphatic imine (C=N–C) groups is 1. The maximum atomic E-state index is 13.3. The van der Waals surface area contributed by atoms with Crippen LogP contribution < -0.4 is 0 Å². The van der Waals surface area contributed by atoms with Crippen molar-refractivity contribution in [3.8, 4) is 0 Å².